The molecule has 0 saturated carbocycles. The Hall–Kier alpha value is -1.16. The maximum Gasteiger partial charge on any atom is 0.132 e. The molecule has 1 aliphatic rings. The van der Waals surface area contributed by atoms with Gasteiger partial charge < -0.3 is 9.64 Å². The van der Waals surface area contributed by atoms with Crippen molar-refractivity contribution in [3.05, 3.63) is 18.1 Å². The summed E-state index contributed by atoms with van der Waals surface area (Å²) in [7, 11) is 0. The Morgan fingerprint density at radius 1 is 1.36 bits per heavy atom. The van der Waals surface area contributed by atoms with E-state index in [1.165, 1.54) is 0 Å². The van der Waals surface area contributed by atoms with Crippen LogP contribution in [-0.2, 0) is 4.74 Å². The van der Waals surface area contributed by atoms with Crippen molar-refractivity contribution in [2.24, 2.45) is 0 Å². The minimum atomic E-state index is 0.795. The molecule has 1 saturated heterocycles. The molecule has 0 spiro atoms. The standard InChI is InChI=1S/C10H15N3O/c1-9-11-4-3-10(12-9)13-5-2-7-14-8-6-13/h3-4H,2,5-8H2,1H3. The topological polar surface area (TPSA) is 38.2 Å². The number of hydrogen-bond donors (Lipinski definition) is 0. The molecule has 1 aromatic heterocycles. The number of rotatable bonds is 1. The van der Waals surface area contributed by atoms with Crippen LogP contribution in [0, 0.1) is 6.92 Å². The van der Waals surface area contributed by atoms with Gasteiger partial charge in [-0.05, 0) is 19.4 Å². The lowest BCUT2D eigenvalue weighted by molar-refractivity contribution is 0.152. The minimum absolute atomic E-state index is 0.795. The van der Waals surface area contributed by atoms with Crippen LogP contribution in [0.5, 0.6) is 0 Å². The van der Waals surface area contributed by atoms with Crippen molar-refractivity contribution >= 4 is 5.82 Å². The molecule has 4 nitrogen and oxygen atoms in total. The summed E-state index contributed by atoms with van der Waals surface area (Å²) in [6.07, 6.45) is 2.88. The van der Waals surface area contributed by atoms with Crippen LogP contribution in [0.3, 0.4) is 0 Å². The molecule has 1 aliphatic heterocycles. The number of aromatic nitrogens is 2. The van der Waals surface area contributed by atoms with Crippen LogP contribution >= 0.6 is 0 Å². The monoisotopic (exact) mass is 193 g/mol. The fourth-order valence-corrected chi connectivity index (χ4v) is 1.60. The van der Waals surface area contributed by atoms with E-state index in [-0.39, 0.29) is 0 Å². The first-order valence-corrected chi connectivity index (χ1v) is 4.98. The molecule has 4 heteroatoms. The summed E-state index contributed by atoms with van der Waals surface area (Å²) >= 11 is 0. The van der Waals surface area contributed by atoms with E-state index in [0.717, 1.165) is 44.4 Å². The molecule has 0 amide bonds. The molecule has 0 aromatic carbocycles. The molecule has 0 radical (unpaired) electrons. The largest absolute Gasteiger partial charge is 0.380 e. The number of anilines is 1. The molecule has 0 bridgehead atoms. The van der Waals surface area contributed by atoms with E-state index < -0.39 is 0 Å². The first kappa shape index (κ1) is 9.40. The van der Waals surface area contributed by atoms with Gasteiger partial charge in [0.2, 0.25) is 0 Å². The van der Waals surface area contributed by atoms with Crippen molar-refractivity contribution in [2.45, 2.75) is 13.3 Å². The fourth-order valence-electron chi connectivity index (χ4n) is 1.60. The van der Waals surface area contributed by atoms with E-state index in [1.54, 1.807) is 0 Å². The highest BCUT2D eigenvalue weighted by molar-refractivity contribution is 5.37. The van der Waals surface area contributed by atoms with Crippen LogP contribution in [0.2, 0.25) is 0 Å². The molecular weight excluding hydrogens is 178 g/mol. The minimum Gasteiger partial charge on any atom is -0.380 e. The maximum absolute atomic E-state index is 5.39. The van der Waals surface area contributed by atoms with Crippen LogP contribution < -0.4 is 4.90 Å². The Morgan fingerprint density at radius 3 is 3.14 bits per heavy atom. The second-order valence-corrected chi connectivity index (χ2v) is 3.42. The second kappa shape index (κ2) is 4.37. The van der Waals surface area contributed by atoms with Crippen molar-refractivity contribution in [1.29, 1.82) is 0 Å². The van der Waals surface area contributed by atoms with Crippen LogP contribution in [0.1, 0.15) is 12.2 Å². The fraction of sp³-hybridized carbons (Fsp3) is 0.600. The summed E-state index contributed by atoms with van der Waals surface area (Å²) in [5, 5.41) is 0. The van der Waals surface area contributed by atoms with Gasteiger partial charge in [-0.15, -0.1) is 0 Å². The van der Waals surface area contributed by atoms with Crippen LogP contribution in [-0.4, -0.2) is 36.3 Å². The zero-order valence-electron chi connectivity index (χ0n) is 8.44. The van der Waals surface area contributed by atoms with Gasteiger partial charge >= 0.3 is 0 Å². The van der Waals surface area contributed by atoms with E-state index in [0.29, 0.717) is 0 Å². The highest BCUT2D eigenvalue weighted by Crippen LogP contribution is 2.11. The van der Waals surface area contributed by atoms with Gasteiger partial charge in [-0.1, -0.05) is 0 Å². The van der Waals surface area contributed by atoms with Gasteiger partial charge in [0.1, 0.15) is 11.6 Å². The maximum atomic E-state index is 5.39. The molecule has 14 heavy (non-hydrogen) atoms. The number of aryl methyl sites for hydroxylation is 1. The lowest BCUT2D eigenvalue weighted by Crippen LogP contribution is -2.26. The summed E-state index contributed by atoms with van der Waals surface area (Å²) < 4.78 is 5.39. The normalized spacial score (nSPS) is 17.9. The van der Waals surface area contributed by atoms with Gasteiger partial charge in [0.25, 0.3) is 0 Å². The third kappa shape index (κ3) is 2.20. The number of hydrogen-bond acceptors (Lipinski definition) is 4. The van der Waals surface area contributed by atoms with Crippen molar-refractivity contribution in [1.82, 2.24) is 9.97 Å². The average Bonchev–Trinajstić information content (AvgIpc) is 2.45. The Labute approximate surface area is 83.9 Å². The van der Waals surface area contributed by atoms with E-state index >= 15 is 0 Å². The third-order valence-electron chi connectivity index (χ3n) is 2.31. The zero-order chi connectivity index (χ0) is 9.80. The number of ether oxygens (including phenoxy) is 1. The van der Waals surface area contributed by atoms with E-state index in [4.69, 9.17) is 4.74 Å². The third-order valence-corrected chi connectivity index (χ3v) is 2.31. The van der Waals surface area contributed by atoms with Gasteiger partial charge in [-0.2, -0.15) is 0 Å². The first-order chi connectivity index (χ1) is 6.86. The van der Waals surface area contributed by atoms with Crippen molar-refractivity contribution in [3.8, 4) is 0 Å². The van der Waals surface area contributed by atoms with Gasteiger partial charge in [-0.25, -0.2) is 9.97 Å². The molecule has 76 valence electrons. The highest BCUT2D eigenvalue weighted by atomic mass is 16.5. The zero-order valence-corrected chi connectivity index (χ0v) is 8.44. The van der Waals surface area contributed by atoms with Crippen LogP contribution in [0.4, 0.5) is 5.82 Å². The summed E-state index contributed by atoms with van der Waals surface area (Å²) in [6, 6.07) is 1.96. The van der Waals surface area contributed by atoms with E-state index in [9.17, 15) is 0 Å². The molecule has 2 heterocycles. The predicted molar refractivity (Wildman–Crippen MR) is 54.4 cm³/mol. The van der Waals surface area contributed by atoms with E-state index in [2.05, 4.69) is 14.9 Å². The molecule has 1 aromatic rings. The van der Waals surface area contributed by atoms with Crippen molar-refractivity contribution in [2.75, 3.05) is 31.2 Å². The Balaban J connectivity index is 2.12. The SMILES string of the molecule is Cc1nccc(N2CCCOCC2)n1. The Morgan fingerprint density at radius 2 is 2.29 bits per heavy atom. The second-order valence-electron chi connectivity index (χ2n) is 3.42. The summed E-state index contributed by atoms with van der Waals surface area (Å²) in [6.45, 7) is 5.52. The lowest BCUT2D eigenvalue weighted by Gasteiger charge is -2.20. The number of nitrogens with zero attached hydrogens (tertiary/aromatic N) is 3. The summed E-state index contributed by atoms with van der Waals surface area (Å²) in [4.78, 5) is 10.7. The quantitative estimate of drug-likeness (QED) is 0.667. The van der Waals surface area contributed by atoms with Crippen LogP contribution in [0.25, 0.3) is 0 Å². The average molecular weight is 193 g/mol. The van der Waals surface area contributed by atoms with Crippen LogP contribution in [0.15, 0.2) is 12.3 Å². The van der Waals surface area contributed by atoms with Crippen molar-refractivity contribution in [3.63, 3.8) is 0 Å². The Bertz CT molecular complexity index is 295. The molecule has 0 N–H and O–H groups in total. The predicted octanol–water partition coefficient (Wildman–Crippen LogP) is 1.01. The molecule has 0 unspecified atom stereocenters. The first-order valence-electron chi connectivity index (χ1n) is 4.98. The van der Waals surface area contributed by atoms with Gasteiger partial charge in [0, 0.05) is 25.9 Å². The molecular formula is C10H15N3O. The lowest BCUT2D eigenvalue weighted by atomic mass is 10.4. The highest BCUT2D eigenvalue weighted by Gasteiger charge is 2.10. The van der Waals surface area contributed by atoms with Crippen molar-refractivity contribution < 1.29 is 4.74 Å². The smallest absolute Gasteiger partial charge is 0.132 e. The summed E-state index contributed by atoms with van der Waals surface area (Å²) in [5.74, 6) is 1.84. The van der Waals surface area contributed by atoms with Gasteiger partial charge in [-0.3, -0.25) is 0 Å². The summed E-state index contributed by atoms with van der Waals surface area (Å²) in [5.41, 5.74) is 0. The Kier molecular flexibility index (Phi) is 2.93. The molecule has 0 aliphatic carbocycles. The molecule has 2 rings (SSSR count). The van der Waals surface area contributed by atoms with E-state index in [1.807, 2.05) is 19.2 Å². The van der Waals surface area contributed by atoms with Gasteiger partial charge in [0.05, 0.1) is 6.61 Å². The van der Waals surface area contributed by atoms with Gasteiger partial charge in [0.15, 0.2) is 0 Å². The molecule has 1 fully saturated rings. The molecule has 0 atom stereocenters.